The molecule has 0 saturated heterocycles. The highest BCUT2D eigenvalue weighted by atomic mass is 19.4. The standard InChI is InChI=1S/C20H20F3NO3/c1-3-17(14-7-5-4-6-8-14)19(26)27-13(2)18(25)24-16-11-9-15(10-12-16)20(21,22)23/h4-13,17H,3H2,1-2H3,(H,24,25)/t13-,17-/m1/s1. The molecule has 0 unspecified atom stereocenters. The van der Waals surface area contributed by atoms with Crippen molar-refractivity contribution in [2.45, 2.75) is 38.5 Å². The van der Waals surface area contributed by atoms with Crippen LogP contribution in [-0.2, 0) is 20.5 Å². The molecule has 27 heavy (non-hydrogen) atoms. The molecule has 0 spiro atoms. The van der Waals surface area contributed by atoms with E-state index in [1.807, 2.05) is 37.3 Å². The molecular weight excluding hydrogens is 359 g/mol. The predicted molar refractivity (Wildman–Crippen MR) is 95.1 cm³/mol. The number of rotatable bonds is 6. The number of halogens is 3. The topological polar surface area (TPSA) is 55.4 Å². The van der Waals surface area contributed by atoms with Gasteiger partial charge in [-0.15, -0.1) is 0 Å². The number of benzene rings is 2. The molecule has 0 aromatic heterocycles. The third kappa shape index (κ3) is 5.57. The van der Waals surface area contributed by atoms with Crippen LogP contribution >= 0.6 is 0 Å². The van der Waals surface area contributed by atoms with Crippen LogP contribution in [0.2, 0.25) is 0 Å². The molecular formula is C20H20F3NO3. The number of esters is 1. The number of carbonyl (C=O) groups excluding carboxylic acids is 2. The van der Waals surface area contributed by atoms with E-state index in [1.54, 1.807) is 0 Å². The van der Waals surface area contributed by atoms with Crippen LogP contribution in [-0.4, -0.2) is 18.0 Å². The largest absolute Gasteiger partial charge is 0.452 e. The number of hydrogen-bond acceptors (Lipinski definition) is 3. The molecule has 1 amide bonds. The highest BCUT2D eigenvalue weighted by Crippen LogP contribution is 2.30. The van der Waals surface area contributed by atoms with Gasteiger partial charge in [-0.3, -0.25) is 9.59 Å². The zero-order valence-electron chi connectivity index (χ0n) is 14.9. The van der Waals surface area contributed by atoms with Crippen molar-refractivity contribution in [1.29, 1.82) is 0 Å². The number of ether oxygens (including phenoxy) is 1. The zero-order chi connectivity index (χ0) is 20.0. The van der Waals surface area contributed by atoms with E-state index in [0.29, 0.717) is 6.42 Å². The summed E-state index contributed by atoms with van der Waals surface area (Å²) in [6.45, 7) is 3.25. The number of nitrogens with one attached hydrogen (secondary N) is 1. The second kappa shape index (κ2) is 8.70. The fraction of sp³-hybridized carbons (Fsp3) is 0.300. The van der Waals surface area contributed by atoms with Crippen LogP contribution in [0.25, 0.3) is 0 Å². The summed E-state index contributed by atoms with van der Waals surface area (Å²) < 4.78 is 42.9. The molecule has 0 fully saturated rings. The third-order valence-electron chi connectivity index (χ3n) is 4.04. The molecule has 7 heteroatoms. The minimum Gasteiger partial charge on any atom is -0.452 e. The Kier molecular flexibility index (Phi) is 6.60. The number of amides is 1. The lowest BCUT2D eigenvalue weighted by atomic mass is 9.97. The fourth-order valence-electron chi connectivity index (χ4n) is 2.52. The van der Waals surface area contributed by atoms with Crippen molar-refractivity contribution in [3.63, 3.8) is 0 Å². The second-order valence-electron chi connectivity index (χ2n) is 6.01. The number of carbonyl (C=O) groups is 2. The normalized spacial score (nSPS) is 13.5. The minimum atomic E-state index is -4.45. The molecule has 144 valence electrons. The average Bonchev–Trinajstić information content (AvgIpc) is 2.63. The van der Waals surface area contributed by atoms with Gasteiger partial charge in [-0.05, 0) is 43.2 Å². The van der Waals surface area contributed by atoms with Crippen molar-refractivity contribution >= 4 is 17.6 Å². The van der Waals surface area contributed by atoms with Crippen LogP contribution in [0.15, 0.2) is 54.6 Å². The van der Waals surface area contributed by atoms with Gasteiger partial charge in [0.25, 0.3) is 5.91 Å². The van der Waals surface area contributed by atoms with Crippen molar-refractivity contribution in [1.82, 2.24) is 0 Å². The quantitative estimate of drug-likeness (QED) is 0.736. The highest BCUT2D eigenvalue weighted by molar-refractivity contribution is 5.95. The van der Waals surface area contributed by atoms with Crippen molar-refractivity contribution < 1.29 is 27.5 Å². The average molecular weight is 379 g/mol. The Labute approximate surface area is 155 Å². The zero-order valence-corrected chi connectivity index (χ0v) is 14.9. The Hall–Kier alpha value is -2.83. The molecule has 0 aliphatic rings. The summed E-state index contributed by atoms with van der Waals surface area (Å²) in [6.07, 6.45) is -5.02. The lowest BCUT2D eigenvalue weighted by Crippen LogP contribution is -2.31. The molecule has 2 aromatic rings. The molecule has 2 aromatic carbocycles. The summed E-state index contributed by atoms with van der Waals surface area (Å²) in [6, 6.07) is 13.1. The summed E-state index contributed by atoms with van der Waals surface area (Å²) in [5.41, 5.74) is 0.167. The summed E-state index contributed by atoms with van der Waals surface area (Å²) in [4.78, 5) is 24.5. The van der Waals surface area contributed by atoms with E-state index in [0.717, 1.165) is 29.8 Å². The summed E-state index contributed by atoms with van der Waals surface area (Å²) in [7, 11) is 0. The van der Waals surface area contributed by atoms with Crippen molar-refractivity contribution in [3.05, 3.63) is 65.7 Å². The second-order valence-corrected chi connectivity index (χ2v) is 6.01. The molecule has 0 aliphatic heterocycles. The summed E-state index contributed by atoms with van der Waals surface area (Å²) in [5.74, 6) is -1.64. The highest BCUT2D eigenvalue weighted by Gasteiger charge is 2.30. The van der Waals surface area contributed by atoms with Gasteiger partial charge >= 0.3 is 12.1 Å². The van der Waals surface area contributed by atoms with Gasteiger partial charge in [0, 0.05) is 5.69 Å². The molecule has 1 N–H and O–H groups in total. The summed E-state index contributed by atoms with van der Waals surface area (Å²) >= 11 is 0. The van der Waals surface area contributed by atoms with Gasteiger partial charge in [0.15, 0.2) is 6.10 Å². The smallest absolute Gasteiger partial charge is 0.416 e. The van der Waals surface area contributed by atoms with E-state index in [-0.39, 0.29) is 5.69 Å². The van der Waals surface area contributed by atoms with Gasteiger partial charge in [-0.2, -0.15) is 13.2 Å². The van der Waals surface area contributed by atoms with Gasteiger partial charge in [0.1, 0.15) is 0 Å². The Morgan fingerprint density at radius 1 is 1.04 bits per heavy atom. The molecule has 0 bridgehead atoms. The lowest BCUT2D eigenvalue weighted by Gasteiger charge is -2.18. The fourth-order valence-corrected chi connectivity index (χ4v) is 2.52. The maximum absolute atomic E-state index is 12.6. The molecule has 2 rings (SSSR count). The Morgan fingerprint density at radius 2 is 1.63 bits per heavy atom. The lowest BCUT2D eigenvalue weighted by molar-refractivity contribution is -0.154. The minimum absolute atomic E-state index is 0.186. The maximum Gasteiger partial charge on any atom is 0.416 e. The van der Waals surface area contributed by atoms with Gasteiger partial charge < -0.3 is 10.1 Å². The third-order valence-corrected chi connectivity index (χ3v) is 4.04. The molecule has 0 saturated carbocycles. The number of anilines is 1. The number of alkyl halides is 3. The van der Waals surface area contributed by atoms with E-state index in [9.17, 15) is 22.8 Å². The van der Waals surface area contributed by atoms with Crippen LogP contribution in [0.5, 0.6) is 0 Å². The van der Waals surface area contributed by atoms with E-state index in [1.165, 1.54) is 6.92 Å². The SMILES string of the molecule is CC[C@@H](C(=O)O[C@H](C)C(=O)Nc1ccc(C(F)(F)F)cc1)c1ccccc1. The Balaban J connectivity index is 1.97. The molecule has 0 heterocycles. The van der Waals surface area contributed by atoms with Crippen LogP contribution in [0.3, 0.4) is 0 Å². The van der Waals surface area contributed by atoms with Gasteiger partial charge in [0.2, 0.25) is 0 Å². The summed E-state index contributed by atoms with van der Waals surface area (Å²) in [5, 5.41) is 2.44. The first-order valence-corrected chi connectivity index (χ1v) is 8.46. The van der Waals surface area contributed by atoms with Crippen LogP contribution < -0.4 is 5.32 Å². The van der Waals surface area contributed by atoms with E-state index < -0.39 is 35.6 Å². The van der Waals surface area contributed by atoms with Gasteiger partial charge in [-0.1, -0.05) is 37.3 Å². The van der Waals surface area contributed by atoms with Crippen molar-refractivity contribution in [2.75, 3.05) is 5.32 Å². The molecule has 0 aliphatic carbocycles. The molecule has 2 atom stereocenters. The van der Waals surface area contributed by atoms with E-state index >= 15 is 0 Å². The first kappa shape index (κ1) is 20.5. The molecule has 4 nitrogen and oxygen atoms in total. The van der Waals surface area contributed by atoms with Crippen LogP contribution in [0, 0.1) is 0 Å². The van der Waals surface area contributed by atoms with Crippen molar-refractivity contribution in [2.24, 2.45) is 0 Å². The molecule has 0 radical (unpaired) electrons. The van der Waals surface area contributed by atoms with Crippen LogP contribution in [0.4, 0.5) is 18.9 Å². The predicted octanol–water partition coefficient (Wildman–Crippen LogP) is 4.77. The number of hydrogen-bond donors (Lipinski definition) is 1. The van der Waals surface area contributed by atoms with E-state index in [2.05, 4.69) is 5.32 Å². The van der Waals surface area contributed by atoms with Crippen molar-refractivity contribution in [3.8, 4) is 0 Å². The first-order chi connectivity index (χ1) is 12.7. The van der Waals surface area contributed by atoms with Crippen LogP contribution in [0.1, 0.15) is 37.3 Å². The monoisotopic (exact) mass is 379 g/mol. The van der Waals surface area contributed by atoms with Gasteiger partial charge in [-0.25, -0.2) is 0 Å². The van der Waals surface area contributed by atoms with E-state index in [4.69, 9.17) is 4.74 Å². The van der Waals surface area contributed by atoms with Gasteiger partial charge in [0.05, 0.1) is 11.5 Å². The maximum atomic E-state index is 12.6. The Morgan fingerprint density at radius 3 is 2.15 bits per heavy atom. The first-order valence-electron chi connectivity index (χ1n) is 8.46. The Bertz CT molecular complexity index is 773.